The molecule has 1 atom stereocenters. The first kappa shape index (κ1) is 32.3. The smallest absolute Gasteiger partial charge is 0.0991 e. The summed E-state index contributed by atoms with van der Waals surface area (Å²) in [5.41, 5.74) is 6.40. The van der Waals surface area contributed by atoms with Crippen molar-refractivity contribution in [1.82, 2.24) is 0 Å². The normalized spacial score (nSPS) is 11.2. The molecule has 40 heavy (non-hydrogen) atoms. The van der Waals surface area contributed by atoms with Crippen molar-refractivity contribution in [2.24, 2.45) is 5.18 Å². The zero-order chi connectivity index (χ0) is 28.5. The quantitative estimate of drug-likeness (QED) is 0.139. The third kappa shape index (κ3) is 7.84. The first-order chi connectivity index (χ1) is 18.7. The summed E-state index contributed by atoms with van der Waals surface area (Å²) in [4.78, 5) is 22.7. The van der Waals surface area contributed by atoms with Gasteiger partial charge in [-0.25, -0.2) is 0 Å². The first-order valence-electron chi connectivity index (χ1n) is 12.2. The number of allylic oxidation sites excluding steroid dienone is 2. The van der Waals surface area contributed by atoms with Crippen molar-refractivity contribution in [3.8, 4) is 6.07 Å². The molecule has 4 rings (SSSR count). The Labute approximate surface area is 246 Å². The van der Waals surface area contributed by atoms with Gasteiger partial charge in [0.25, 0.3) is 0 Å². The van der Waals surface area contributed by atoms with Crippen molar-refractivity contribution < 1.29 is 26.2 Å². The topological polar surface area (TPSA) is 95.5 Å². The van der Waals surface area contributed by atoms with Crippen LogP contribution in [0.2, 0.25) is 0 Å². The fraction of sp³-hybridized carbons (Fsp3) is 0.156. The van der Waals surface area contributed by atoms with Gasteiger partial charge in [-0.3, -0.25) is 0 Å². The summed E-state index contributed by atoms with van der Waals surface area (Å²) in [5, 5.41) is 15.3. The molecule has 0 bridgehead atoms. The van der Waals surface area contributed by atoms with Gasteiger partial charge in [0.15, 0.2) is 0 Å². The van der Waals surface area contributed by atoms with Gasteiger partial charge in [0.1, 0.15) is 0 Å². The van der Waals surface area contributed by atoms with Crippen LogP contribution < -0.4 is 5.32 Å². The van der Waals surface area contributed by atoms with E-state index in [1.165, 1.54) is 0 Å². The number of para-hydroxylation sites is 1. The van der Waals surface area contributed by atoms with Crippen LogP contribution >= 0.6 is 8.86 Å². The number of nitroso groups, excluding NO2 is 1. The van der Waals surface area contributed by atoms with E-state index in [4.69, 9.17) is 9.68 Å². The number of nitrogens with zero attached hydrogens (tertiary/aromatic N) is 2. The van der Waals surface area contributed by atoms with Crippen molar-refractivity contribution >= 4 is 42.8 Å². The third-order valence-corrected chi connectivity index (χ3v) is 6.88. The molecule has 0 spiro atoms. The Kier molecular flexibility index (Phi) is 12.2. The second-order valence-corrected chi connectivity index (χ2v) is 9.95. The molecule has 0 aliphatic heterocycles. The molecule has 1 N–H and O–H groups in total. The van der Waals surface area contributed by atoms with Crippen LogP contribution in [0.4, 0.5) is 5.69 Å². The molecular weight excluding hydrogens is 556 g/mol. The zero-order valence-corrected chi connectivity index (χ0v) is 25.5. The Morgan fingerprint density at radius 2 is 1.82 bits per heavy atom. The van der Waals surface area contributed by atoms with Crippen LogP contribution in [-0.2, 0) is 17.0 Å². The number of carbonyl (C=O) groups excluding carboxylic acids is 1. The summed E-state index contributed by atoms with van der Waals surface area (Å²) in [6.45, 7) is 7.95. The van der Waals surface area contributed by atoms with E-state index in [1.807, 2.05) is 63.8 Å². The third-order valence-electron chi connectivity index (χ3n) is 5.99. The van der Waals surface area contributed by atoms with E-state index in [-0.39, 0.29) is 19.0 Å². The van der Waals surface area contributed by atoms with Crippen molar-refractivity contribution in [2.75, 3.05) is 5.32 Å². The standard InChI is InChI=1S/C23H21N2O3P.C8H7N.CH3.V/c1-4-16(13-29)21-10-9-17-11-14(2)12-19(22(17)28-21)15(3)24-20-8-6-5-7-18(20)23(26)25-27;1-7-3-2-4-8(5-7)6-9;;/h4-8,10-13,15,24,29H,1-3H3;2-5H,1H3;1H3;/q;;-1;/b16-4+;;;. The van der Waals surface area contributed by atoms with Crippen LogP contribution in [0.25, 0.3) is 16.5 Å². The van der Waals surface area contributed by atoms with Crippen LogP contribution in [0.1, 0.15) is 58.3 Å². The molecule has 1 amide bonds. The van der Waals surface area contributed by atoms with Gasteiger partial charge in [0.05, 0.1) is 11.6 Å². The number of fused-ring (bicyclic) bond motifs is 1. The fourth-order valence-corrected chi connectivity index (χ4v) is 4.83. The van der Waals surface area contributed by atoms with Gasteiger partial charge in [-0.2, -0.15) is 5.26 Å². The zero-order valence-electron chi connectivity index (χ0n) is 23.1. The monoisotopic (exact) mass is 587 g/mol. The molecule has 6 nitrogen and oxygen atoms in total. The molecule has 3 aromatic carbocycles. The van der Waals surface area contributed by atoms with E-state index in [0.29, 0.717) is 5.69 Å². The number of benzene rings is 3. The van der Waals surface area contributed by atoms with Crippen molar-refractivity contribution in [3.63, 3.8) is 0 Å². The summed E-state index contributed by atoms with van der Waals surface area (Å²) in [7, 11) is 3.45. The first-order valence-corrected chi connectivity index (χ1v) is 13.5. The Hall–Kier alpha value is -3.88. The maximum atomic E-state index is 11.9. The summed E-state index contributed by atoms with van der Waals surface area (Å²) < 4.78 is 7.36. The molecule has 0 saturated carbocycles. The van der Waals surface area contributed by atoms with Gasteiger partial charge in [0, 0.05) is 0 Å². The average molecular weight is 588 g/mol. The molecule has 0 aliphatic rings. The molecule has 203 valence electrons. The van der Waals surface area contributed by atoms with E-state index in [1.54, 1.807) is 30.3 Å². The molecular formula is C32H31N3O3PV-. The van der Waals surface area contributed by atoms with Gasteiger partial charge in [-0.05, 0) is 24.6 Å². The van der Waals surface area contributed by atoms with Gasteiger partial charge in [0.2, 0.25) is 0 Å². The molecule has 0 fully saturated rings. The van der Waals surface area contributed by atoms with Gasteiger partial charge in [-0.1, -0.05) is 12.1 Å². The number of amides is 1. The van der Waals surface area contributed by atoms with Crippen LogP contribution in [-0.4, -0.2) is 11.7 Å². The molecule has 4 aromatic rings. The molecule has 0 saturated heterocycles. The number of nitrogens with one attached hydrogen (secondary N) is 1. The number of aryl methyl sites for hydroxylation is 2. The van der Waals surface area contributed by atoms with E-state index in [2.05, 4.69) is 54.5 Å². The van der Waals surface area contributed by atoms with Crippen molar-refractivity contribution in [2.45, 2.75) is 33.7 Å². The van der Waals surface area contributed by atoms with Crippen LogP contribution in [0, 0.1) is 41.4 Å². The van der Waals surface area contributed by atoms with E-state index in [0.717, 1.165) is 48.4 Å². The maximum Gasteiger partial charge on any atom is 0.0991 e. The summed E-state index contributed by atoms with van der Waals surface area (Å²) >= 11 is 2.60. The summed E-state index contributed by atoms with van der Waals surface area (Å²) in [5.74, 6) is 1.76. The predicted octanol–water partition coefficient (Wildman–Crippen LogP) is 8.57. The molecule has 8 heteroatoms. The largest absolute Gasteiger partial charge is 0.358 e. The number of anilines is 1. The number of rotatable bonds is 6. The average Bonchev–Trinajstić information content (AvgIpc) is 2.94. The van der Waals surface area contributed by atoms with Gasteiger partial charge in [-0.15, -0.1) is 0 Å². The molecule has 0 aliphatic carbocycles. The predicted molar refractivity (Wildman–Crippen MR) is 163 cm³/mol. The minimum atomic E-state index is -0.801. The Balaban J connectivity index is 0.000000477. The SMILES string of the molecule is C/C=C(\C=P)c1c[c](=[V])c2cc(C)cc(C(C)Nc3ccccc3C(=O)N=O)c2o1.Cc1cccc(C#N)c1.[CH3-]. The second-order valence-electron chi connectivity index (χ2n) is 8.90. The van der Waals surface area contributed by atoms with Crippen molar-refractivity contribution in [3.05, 3.63) is 123 Å². The van der Waals surface area contributed by atoms with E-state index in [9.17, 15) is 9.70 Å². The van der Waals surface area contributed by atoms with Gasteiger partial charge < -0.3 is 7.43 Å². The Morgan fingerprint density at radius 1 is 1.10 bits per heavy atom. The number of carbonyl (C=O) groups is 1. The van der Waals surface area contributed by atoms with Crippen LogP contribution in [0.3, 0.4) is 0 Å². The number of nitriles is 1. The Bertz CT molecular complexity index is 1690. The number of hydrogen-bond acceptors (Lipinski definition) is 5. The maximum absolute atomic E-state index is 11.9. The fourth-order valence-electron chi connectivity index (χ4n) is 4.08. The number of hydrogen-bond donors (Lipinski definition) is 1. The van der Waals surface area contributed by atoms with Gasteiger partial charge >= 0.3 is 186 Å². The molecule has 0 radical (unpaired) electrons. The van der Waals surface area contributed by atoms with E-state index >= 15 is 0 Å². The molecule has 1 aromatic heterocycles. The van der Waals surface area contributed by atoms with Crippen molar-refractivity contribution in [1.29, 1.82) is 5.26 Å². The second kappa shape index (κ2) is 15.1. The minimum absolute atomic E-state index is 0. The minimum Gasteiger partial charge on any atom is -0.358 e. The molecule has 1 heterocycles. The van der Waals surface area contributed by atoms with E-state index < -0.39 is 5.91 Å². The summed E-state index contributed by atoms with van der Waals surface area (Å²) in [6.07, 6.45) is 1.97. The van der Waals surface area contributed by atoms with Crippen LogP contribution in [0.15, 0.2) is 82.4 Å². The Morgan fingerprint density at radius 3 is 2.42 bits per heavy atom. The molecule has 1 unspecified atom stereocenters. The summed E-state index contributed by atoms with van der Waals surface area (Å²) in [6, 6.07) is 22.4. The van der Waals surface area contributed by atoms with Crippen LogP contribution in [0.5, 0.6) is 0 Å².